The van der Waals surface area contributed by atoms with Gasteiger partial charge in [0.1, 0.15) is 0 Å². The van der Waals surface area contributed by atoms with Gasteiger partial charge in [-0.2, -0.15) is 0 Å². The molecule has 0 amide bonds. The van der Waals surface area contributed by atoms with Crippen molar-refractivity contribution in [3.05, 3.63) is 0 Å². The van der Waals surface area contributed by atoms with Crippen LogP contribution in [0.25, 0.3) is 0 Å². The summed E-state index contributed by atoms with van der Waals surface area (Å²) in [5, 5.41) is 0. The van der Waals surface area contributed by atoms with E-state index in [-0.39, 0.29) is 5.75 Å². The lowest BCUT2D eigenvalue weighted by Gasteiger charge is -1.79. The molecule has 0 bridgehead atoms. The number of hydrogen-bond donors (Lipinski definition) is 0. The van der Waals surface area contributed by atoms with Crippen molar-refractivity contribution in [2.24, 2.45) is 0 Å². The van der Waals surface area contributed by atoms with Gasteiger partial charge in [-0.3, -0.25) is 4.79 Å². The van der Waals surface area contributed by atoms with E-state index in [1.807, 2.05) is 0 Å². The second-order valence-corrected chi connectivity index (χ2v) is 1.62. The highest BCUT2D eigenvalue weighted by Gasteiger charge is 1.68. The van der Waals surface area contributed by atoms with Crippen LogP contribution in [0.15, 0.2) is 0 Å². The average Bonchev–Trinajstić information content (AvgIpc) is 1.71. The predicted molar refractivity (Wildman–Crippen MR) is 37.8 cm³/mol. The van der Waals surface area contributed by atoms with Crippen LogP contribution in [-0.2, 0) is 4.79 Å². The van der Waals surface area contributed by atoms with Crippen LogP contribution >= 0.6 is 11.6 Å². The first-order valence-electron chi connectivity index (χ1n) is 2.87. The Kier molecular flexibility index (Phi) is 21.4. The number of carbonyl (C=O) groups excluding carboxylic acids is 1. The molecule has 0 spiro atoms. The highest BCUT2D eigenvalue weighted by atomic mass is 35.5. The van der Waals surface area contributed by atoms with Gasteiger partial charge in [-0.25, -0.2) is 0 Å². The summed E-state index contributed by atoms with van der Waals surface area (Å²) >= 11 is 4.32. The molecule has 0 saturated heterocycles. The quantitative estimate of drug-likeness (QED) is 0.421. The molecule has 0 radical (unpaired) electrons. The van der Waals surface area contributed by atoms with Gasteiger partial charge in [0.2, 0.25) is 5.75 Å². The molecule has 0 aromatic carbocycles. The van der Waals surface area contributed by atoms with Gasteiger partial charge in [-0.1, -0.05) is 33.1 Å². The van der Waals surface area contributed by atoms with Crippen LogP contribution in [0, 0.1) is 0 Å². The summed E-state index contributed by atoms with van der Waals surface area (Å²) in [6.07, 6.45) is 4.08. The van der Waals surface area contributed by atoms with Gasteiger partial charge in [-0.05, 0) is 11.6 Å². The zero-order valence-corrected chi connectivity index (χ0v) is 6.24. The van der Waals surface area contributed by atoms with Gasteiger partial charge in [-0.15, -0.1) is 0 Å². The van der Waals surface area contributed by atoms with Crippen molar-refractivity contribution in [3.8, 4) is 0 Å². The summed E-state index contributed by atoms with van der Waals surface area (Å²) in [7, 11) is 0. The maximum absolute atomic E-state index is 8.57. The largest absolute Gasteiger partial charge is 0.285 e. The maximum atomic E-state index is 8.57. The molecular weight excluding hydrogens is 124 g/mol. The average molecular weight is 137 g/mol. The Morgan fingerprint density at radius 2 is 1.62 bits per heavy atom. The highest BCUT2D eigenvalue weighted by molar-refractivity contribution is 6.54. The van der Waals surface area contributed by atoms with Crippen molar-refractivity contribution in [2.45, 2.75) is 33.1 Å². The van der Waals surface area contributed by atoms with E-state index < -0.39 is 0 Å². The van der Waals surface area contributed by atoms with Crippen LogP contribution in [0.5, 0.6) is 0 Å². The Morgan fingerprint density at radius 1 is 1.38 bits per heavy atom. The highest BCUT2D eigenvalue weighted by Crippen LogP contribution is 1.88. The molecule has 0 atom stereocenters. The summed E-state index contributed by atoms with van der Waals surface area (Å²) in [6.45, 7) is 4.42. The van der Waals surface area contributed by atoms with Crippen molar-refractivity contribution < 1.29 is 4.79 Å². The summed E-state index contributed by atoms with van der Waals surface area (Å²) < 4.78 is 0. The Hall–Kier alpha value is -0.0400. The first kappa shape index (κ1) is 10.9. The van der Waals surface area contributed by atoms with E-state index in [1.54, 1.807) is 0 Å². The standard InChI is InChI=1S/C5H12.CHClO/c1-3-5-4-2;2-1-3/h3-5H2,1-2H3;1H. The summed E-state index contributed by atoms with van der Waals surface area (Å²) in [6, 6.07) is 0. The first-order valence-corrected chi connectivity index (χ1v) is 3.30. The van der Waals surface area contributed by atoms with E-state index in [0.29, 0.717) is 0 Å². The molecule has 0 aliphatic heterocycles. The topological polar surface area (TPSA) is 17.1 Å². The molecule has 0 heterocycles. The minimum atomic E-state index is 0.222. The van der Waals surface area contributed by atoms with E-state index in [1.165, 1.54) is 19.3 Å². The normalized spacial score (nSPS) is 6.88. The third-order valence-electron chi connectivity index (χ3n) is 0.707. The van der Waals surface area contributed by atoms with Gasteiger partial charge in [0.05, 0.1) is 0 Å². The molecule has 0 aliphatic carbocycles. The van der Waals surface area contributed by atoms with Crippen LogP contribution in [0.2, 0.25) is 0 Å². The zero-order valence-electron chi connectivity index (χ0n) is 5.48. The zero-order chi connectivity index (χ0) is 6.83. The lowest BCUT2D eigenvalue weighted by molar-refractivity contribution is 0.569. The van der Waals surface area contributed by atoms with E-state index in [2.05, 4.69) is 25.4 Å². The van der Waals surface area contributed by atoms with Crippen LogP contribution < -0.4 is 0 Å². The van der Waals surface area contributed by atoms with Gasteiger partial charge < -0.3 is 0 Å². The summed E-state index contributed by atoms with van der Waals surface area (Å²) in [5.41, 5.74) is 0. The van der Waals surface area contributed by atoms with E-state index in [0.717, 1.165) is 0 Å². The van der Waals surface area contributed by atoms with Crippen LogP contribution in [0.4, 0.5) is 0 Å². The second kappa shape index (κ2) is 15.8. The summed E-state index contributed by atoms with van der Waals surface area (Å²) in [5.74, 6) is 0.222. The van der Waals surface area contributed by atoms with Crippen molar-refractivity contribution >= 4 is 17.3 Å². The van der Waals surface area contributed by atoms with E-state index in [9.17, 15) is 0 Å². The molecule has 0 saturated carbocycles. The molecule has 0 rings (SSSR count). The molecule has 2 heteroatoms. The van der Waals surface area contributed by atoms with Crippen LogP contribution in [-0.4, -0.2) is 5.75 Å². The van der Waals surface area contributed by atoms with Crippen molar-refractivity contribution in [1.29, 1.82) is 0 Å². The third-order valence-corrected chi connectivity index (χ3v) is 0.707. The Morgan fingerprint density at radius 3 is 1.62 bits per heavy atom. The van der Waals surface area contributed by atoms with Crippen LogP contribution in [0.3, 0.4) is 0 Å². The maximum Gasteiger partial charge on any atom is 0.208 e. The molecule has 1 nitrogen and oxygen atoms in total. The minimum Gasteiger partial charge on any atom is -0.285 e. The molecule has 0 N–H and O–H groups in total. The molecular formula is C6H13ClO. The fourth-order valence-electron chi connectivity index (χ4n) is 0.354. The lowest BCUT2D eigenvalue weighted by atomic mass is 10.3. The van der Waals surface area contributed by atoms with Crippen LogP contribution in [0.1, 0.15) is 33.1 Å². The van der Waals surface area contributed by atoms with E-state index in [4.69, 9.17) is 4.79 Å². The summed E-state index contributed by atoms with van der Waals surface area (Å²) in [4.78, 5) is 8.57. The van der Waals surface area contributed by atoms with Crippen molar-refractivity contribution in [1.82, 2.24) is 0 Å². The molecule has 0 aromatic heterocycles. The van der Waals surface area contributed by atoms with Crippen molar-refractivity contribution in [2.75, 3.05) is 0 Å². The molecule has 0 unspecified atom stereocenters. The first-order chi connectivity index (χ1) is 3.83. The number of unbranched alkanes of at least 4 members (excludes halogenated alkanes) is 2. The number of rotatable bonds is 2. The van der Waals surface area contributed by atoms with Crippen molar-refractivity contribution in [3.63, 3.8) is 0 Å². The van der Waals surface area contributed by atoms with Gasteiger partial charge in [0, 0.05) is 0 Å². The van der Waals surface area contributed by atoms with Gasteiger partial charge in [0.25, 0.3) is 0 Å². The molecule has 50 valence electrons. The Balaban J connectivity index is 0. The third kappa shape index (κ3) is 38.2. The number of carbonyl (C=O) groups is 1. The smallest absolute Gasteiger partial charge is 0.208 e. The monoisotopic (exact) mass is 136 g/mol. The number of halogens is 1. The Labute approximate surface area is 56.0 Å². The minimum absolute atomic E-state index is 0.222. The molecule has 8 heavy (non-hydrogen) atoms. The van der Waals surface area contributed by atoms with E-state index >= 15 is 0 Å². The van der Waals surface area contributed by atoms with Gasteiger partial charge >= 0.3 is 0 Å². The lowest BCUT2D eigenvalue weighted by Crippen LogP contribution is -1.59. The predicted octanol–water partition coefficient (Wildman–Crippen LogP) is 2.61. The van der Waals surface area contributed by atoms with Gasteiger partial charge in [0.15, 0.2) is 0 Å². The molecule has 0 fully saturated rings. The fraction of sp³-hybridized carbons (Fsp3) is 0.833. The Bertz CT molecular complexity index is 35.5. The SMILES string of the molecule is CCCCC.O=CCl. The fourth-order valence-corrected chi connectivity index (χ4v) is 0.354. The molecule has 0 aromatic rings. The second-order valence-electron chi connectivity index (χ2n) is 1.44. The number of hydrogen-bond acceptors (Lipinski definition) is 1. The molecule has 0 aliphatic rings.